The summed E-state index contributed by atoms with van der Waals surface area (Å²) in [6.45, 7) is 11.0. The number of anilines is 1. The molecule has 4 heterocycles. The van der Waals surface area contributed by atoms with Gasteiger partial charge in [-0.05, 0) is 41.5 Å². The third-order valence-electron chi connectivity index (χ3n) is 5.16. The molecule has 0 aliphatic carbocycles. The van der Waals surface area contributed by atoms with E-state index >= 15 is 0 Å². The van der Waals surface area contributed by atoms with Crippen LogP contribution >= 0.6 is 0 Å². The van der Waals surface area contributed by atoms with Crippen molar-refractivity contribution in [1.82, 2.24) is 19.9 Å². The molecule has 2 saturated heterocycles. The number of amides is 1. The van der Waals surface area contributed by atoms with E-state index in [1.54, 1.807) is 11.1 Å². The summed E-state index contributed by atoms with van der Waals surface area (Å²) in [7, 11) is 0. The molecule has 10 nitrogen and oxygen atoms in total. The number of rotatable bonds is 1. The lowest BCUT2D eigenvalue weighted by atomic mass is 10.0. The quantitative estimate of drug-likeness (QED) is 0.658. The van der Waals surface area contributed by atoms with E-state index in [2.05, 4.69) is 15.0 Å². The van der Waals surface area contributed by atoms with Crippen LogP contribution in [0, 0.1) is 0 Å². The molecular weight excluding hydrogens is 378 g/mol. The number of aromatic hydroxyl groups is 1. The zero-order valence-electron chi connectivity index (χ0n) is 17.4. The molecule has 158 valence electrons. The molecule has 4 N–H and O–H groups in total. The van der Waals surface area contributed by atoms with E-state index in [9.17, 15) is 9.90 Å². The summed E-state index contributed by atoms with van der Waals surface area (Å²) in [6.07, 6.45) is 0.327. The van der Waals surface area contributed by atoms with Crippen molar-refractivity contribution >= 4 is 12.0 Å². The van der Waals surface area contributed by atoms with Crippen LogP contribution in [-0.2, 0) is 14.2 Å². The molecule has 0 unspecified atom stereocenters. The number of nitrogens with zero attached hydrogens (tertiary/aromatic N) is 3. The van der Waals surface area contributed by atoms with Gasteiger partial charge in [0.25, 0.3) is 0 Å². The Hall–Kier alpha value is -2.59. The smallest absolute Gasteiger partial charge is 0.411 e. The summed E-state index contributed by atoms with van der Waals surface area (Å²) in [5.74, 6) is -1.03. The van der Waals surface area contributed by atoms with E-state index in [1.807, 2.05) is 41.5 Å². The molecule has 1 amide bonds. The van der Waals surface area contributed by atoms with Crippen molar-refractivity contribution in [1.29, 1.82) is 0 Å². The van der Waals surface area contributed by atoms with Crippen LogP contribution in [0.25, 0.3) is 11.4 Å². The van der Waals surface area contributed by atoms with Gasteiger partial charge >= 0.3 is 6.09 Å². The summed E-state index contributed by atoms with van der Waals surface area (Å²) in [4.78, 5) is 25.8. The van der Waals surface area contributed by atoms with Crippen LogP contribution in [0.4, 0.5) is 10.7 Å². The van der Waals surface area contributed by atoms with E-state index < -0.39 is 29.6 Å². The first kappa shape index (κ1) is 19.7. The largest absolute Gasteiger partial charge is 0.492 e. The number of hydrogen-bond donors (Lipinski definition) is 3. The van der Waals surface area contributed by atoms with Crippen LogP contribution in [0.2, 0.25) is 0 Å². The van der Waals surface area contributed by atoms with Gasteiger partial charge in [-0.3, -0.25) is 4.90 Å². The van der Waals surface area contributed by atoms with Gasteiger partial charge in [0, 0.05) is 11.8 Å². The Morgan fingerprint density at radius 2 is 2.00 bits per heavy atom. The molecule has 4 aliphatic rings. The van der Waals surface area contributed by atoms with Crippen LogP contribution in [0.5, 0.6) is 5.88 Å². The maximum Gasteiger partial charge on any atom is 0.411 e. The number of nitrogen functional groups attached to an aromatic ring is 1. The zero-order valence-corrected chi connectivity index (χ0v) is 17.4. The molecule has 0 saturated carbocycles. The first-order valence-electron chi connectivity index (χ1n) is 9.58. The van der Waals surface area contributed by atoms with E-state index in [0.29, 0.717) is 11.3 Å². The van der Waals surface area contributed by atoms with Crippen molar-refractivity contribution in [3.63, 3.8) is 0 Å². The number of carbonyl (C=O) groups excluding carboxylic acids is 1. The summed E-state index contributed by atoms with van der Waals surface area (Å²) in [6, 6.07) is -0.853. The molecule has 4 atom stereocenters. The van der Waals surface area contributed by atoms with Gasteiger partial charge in [0.1, 0.15) is 23.5 Å². The topological polar surface area (TPSA) is 136 Å². The van der Waals surface area contributed by atoms with Crippen molar-refractivity contribution in [3.8, 4) is 17.3 Å². The number of carbonyl (C=O) groups is 1. The van der Waals surface area contributed by atoms with Gasteiger partial charge in [0.2, 0.25) is 11.8 Å². The second-order valence-corrected chi connectivity index (χ2v) is 9.02. The lowest BCUT2D eigenvalue weighted by molar-refractivity contribution is -0.166. The summed E-state index contributed by atoms with van der Waals surface area (Å²) in [5, 5.41) is 10.1. The molecule has 0 aromatic heterocycles. The van der Waals surface area contributed by atoms with Crippen LogP contribution in [0.1, 0.15) is 53.1 Å². The van der Waals surface area contributed by atoms with Crippen molar-refractivity contribution in [2.24, 2.45) is 0 Å². The fraction of sp³-hybridized carbons (Fsp3) is 0.632. The highest BCUT2D eigenvalue weighted by atomic mass is 16.8. The molecule has 2 fully saturated rings. The molecule has 4 aliphatic heterocycles. The van der Waals surface area contributed by atoms with Gasteiger partial charge in [0.15, 0.2) is 5.79 Å². The van der Waals surface area contributed by atoms with Gasteiger partial charge in [0.05, 0.1) is 17.8 Å². The highest BCUT2D eigenvalue weighted by Gasteiger charge is 2.59. The monoisotopic (exact) mass is 405 g/mol. The number of hydrogen-bond acceptors (Lipinski definition) is 8. The van der Waals surface area contributed by atoms with E-state index in [-0.39, 0.29) is 29.7 Å². The minimum atomic E-state index is -0.788. The molecule has 29 heavy (non-hydrogen) atoms. The van der Waals surface area contributed by atoms with E-state index in [4.69, 9.17) is 19.9 Å². The number of fused-ring (bicyclic) bond motifs is 2. The fourth-order valence-electron chi connectivity index (χ4n) is 4.17. The maximum atomic E-state index is 13.1. The molecule has 0 bridgehead atoms. The predicted molar refractivity (Wildman–Crippen MR) is 103 cm³/mol. The van der Waals surface area contributed by atoms with Gasteiger partial charge in [-0.25, -0.2) is 9.78 Å². The van der Waals surface area contributed by atoms with Gasteiger partial charge in [-0.2, -0.15) is 4.98 Å². The second kappa shape index (κ2) is 6.20. The first-order valence-corrected chi connectivity index (χ1v) is 9.58. The predicted octanol–water partition coefficient (Wildman–Crippen LogP) is 2.40. The third kappa shape index (κ3) is 3.25. The van der Waals surface area contributed by atoms with Crippen LogP contribution < -0.4 is 5.73 Å². The Morgan fingerprint density at radius 1 is 1.34 bits per heavy atom. The third-order valence-corrected chi connectivity index (χ3v) is 5.16. The number of nitrogens with one attached hydrogen (secondary N) is 1. The van der Waals surface area contributed by atoms with Crippen molar-refractivity contribution < 1.29 is 24.1 Å². The fourth-order valence-corrected chi connectivity index (χ4v) is 4.17. The Balaban J connectivity index is 1.81. The lowest BCUT2D eigenvalue weighted by Crippen LogP contribution is -2.44. The minimum Gasteiger partial charge on any atom is -0.492 e. The normalized spacial score (nSPS) is 28.7. The van der Waals surface area contributed by atoms with Crippen LogP contribution in [-0.4, -0.2) is 60.7 Å². The van der Waals surface area contributed by atoms with Crippen molar-refractivity contribution in [3.05, 3.63) is 11.8 Å². The van der Waals surface area contributed by atoms with Crippen LogP contribution in [0.15, 0.2) is 6.20 Å². The van der Waals surface area contributed by atoms with Crippen LogP contribution in [0.3, 0.4) is 0 Å². The second-order valence-electron chi connectivity index (χ2n) is 9.02. The molecule has 0 spiro atoms. The summed E-state index contributed by atoms with van der Waals surface area (Å²) in [5.41, 5.74) is 6.54. The van der Waals surface area contributed by atoms with E-state index in [0.717, 1.165) is 0 Å². The van der Waals surface area contributed by atoms with Gasteiger partial charge in [-0.1, -0.05) is 0 Å². The number of nitrogens with two attached hydrogens (primary N) is 1. The number of ether oxygens (including phenoxy) is 3. The SMILES string of the molecule is C[C@@H]1[C@H]2OC(C)(C)O[C@H]2[C@H](c2cnc3c(O)nc(N)[nH]c2-3)N1C(=O)OC(C)(C)C. The average Bonchev–Trinajstić information content (AvgIpc) is 3.17. The molecule has 0 aromatic carbocycles. The summed E-state index contributed by atoms with van der Waals surface area (Å²) >= 11 is 0. The average molecular weight is 405 g/mol. The number of aromatic nitrogens is 3. The molecular formula is C19H27N5O5. The maximum absolute atomic E-state index is 13.1. The number of likely N-dealkylation sites (tertiary alicyclic amines) is 1. The Labute approximate surface area is 168 Å². The summed E-state index contributed by atoms with van der Waals surface area (Å²) < 4.78 is 17.9. The first-order chi connectivity index (χ1) is 13.4. The zero-order chi connectivity index (χ0) is 21.3. The lowest BCUT2D eigenvalue weighted by Gasteiger charge is -2.34. The minimum absolute atomic E-state index is 0.0413. The molecule has 0 aromatic rings. The standard InChI is InChI=1S/C19H27N5O5/c1-8-13-14(28-19(5,6)27-13)12(24(8)17(26)29-18(2,3)4)9-7-21-11-10(9)22-16(20)23-15(11)25/h7-8,12-14,25H,1-6H3,(H3,20,22,23)/t8-,12+,13-,14+/m1/s1. The van der Waals surface area contributed by atoms with Crippen molar-refractivity contribution in [2.45, 2.75) is 77.2 Å². The number of H-pyrrole nitrogens is 1. The highest BCUT2D eigenvalue weighted by Crippen LogP contribution is 2.49. The van der Waals surface area contributed by atoms with E-state index in [1.165, 1.54) is 0 Å². The Kier molecular flexibility index (Phi) is 4.22. The van der Waals surface area contributed by atoms with Crippen molar-refractivity contribution in [2.75, 3.05) is 5.73 Å². The molecule has 10 heteroatoms. The Bertz CT molecular complexity index is 920. The van der Waals surface area contributed by atoms with Gasteiger partial charge in [-0.15, -0.1) is 0 Å². The number of aromatic amines is 1. The Morgan fingerprint density at radius 3 is 2.66 bits per heavy atom. The highest BCUT2D eigenvalue weighted by molar-refractivity contribution is 5.73. The molecule has 4 rings (SSSR count). The molecule has 0 radical (unpaired) electrons. The van der Waals surface area contributed by atoms with Gasteiger partial charge < -0.3 is 30.0 Å².